The Morgan fingerprint density at radius 3 is 1.47 bits per heavy atom. The molecule has 4 heteroatoms. The molecule has 2 heterocycles. The lowest BCUT2D eigenvalue weighted by Crippen LogP contribution is -2.26. The highest BCUT2D eigenvalue weighted by atomic mass is 31.2. The molecule has 3 nitrogen and oxygen atoms in total. The summed E-state index contributed by atoms with van der Waals surface area (Å²) in [6.07, 6.45) is 1.84. The molecule has 0 bridgehead atoms. The Morgan fingerprint density at radius 2 is 0.845 bits per heavy atom. The molecule has 0 radical (unpaired) electrons. The third kappa shape index (κ3) is 4.72. The number of aromatic nitrogens is 2. The molecule has 12 rings (SSSR count). The zero-order chi connectivity index (χ0) is 38.4. The van der Waals surface area contributed by atoms with Crippen LogP contribution in [-0.4, -0.2) is 9.97 Å². The topological polar surface area (TPSA) is 42.9 Å². The van der Waals surface area contributed by atoms with Crippen molar-refractivity contribution in [3.63, 3.8) is 0 Å². The molecule has 0 unspecified atom stereocenters. The van der Waals surface area contributed by atoms with Gasteiger partial charge in [-0.15, -0.1) is 0 Å². The zero-order valence-corrected chi connectivity index (χ0v) is 32.2. The number of pyridine rings is 2. The van der Waals surface area contributed by atoms with Gasteiger partial charge in [-0.05, 0) is 77.1 Å². The van der Waals surface area contributed by atoms with Gasteiger partial charge in [-0.1, -0.05) is 182 Å². The Labute approximate surface area is 334 Å². The van der Waals surface area contributed by atoms with Crippen molar-refractivity contribution in [2.75, 3.05) is 0 Å². The van der Waals surface area contributed by atoms with Crippen molar-refractivity contribution in [3.8, 4) is 22.4 Å². The largest absolute Gasteiger partial charge is 0.309 e. The lowest BCUT2D eigenvalue weighted by molar-refractivity contribution is 0.593. The summed E-state index contributed by atoms with van der Waals surface area (Å²) in [4.78, 5) is 10.0. The van der Waals surface area contributed by atoms with Gasteiger partial charge < -0.3 is 4.57 Å². The SMILES string of the molecule is O=P(c1ccccc1)(c1ccccc1)c1c2ccccc2c(-c2ccc3ccc4c(-c5ccc6ccc7cccnc7c6n5)ccc5ccc2c3c54)c2ccccc12. The molecular weight excluding hydrogens is 724 g/mol. The van der Waals surface area contributed by atoms with Gasteiger partial charge in [0.15, 0.2) is 7.14 Å². The van der Waals surface area contributed by atoms with Crippen LogP contribution < -0.4 is 15.9 Å². The summed E-state index contributed by atoms with van der Waals surface area (Å²) < 4.78 is 16.2. The monoisotopic (exact) mass is 756 g/mol. The van der Waals surface area contributed by atoms with E-state index < -0.39 is 7.14 Å². The summed E-state index contributed by atoms with van der Waals surface area (Å²) >= 11 is 0. The summed E-state index contributed by atoms with van der Waals surface area (Å²) in [5, 5.41) is 16.1. The predicted molar refractivity (Wildman–Crippen MR) is 246 cm³/mol. The van der Waals surface area contributed by atoms with Gasteiger partial charge in [0, 0.05) is 38.4 Å². The number of nitrogens with zero attached hydrogens (tertiary/aromatic N) is 2. The summed E-state index contributed by atoms with van der Waals surface area (Å²) in [6.45, 7) is 0. The number of rotatable bonds is 5. The highest BCUT2D eigenvalue weighted by Crippen LogP contribution is 2.51. The van der Waals surface area contributed by atoms with Crippen LogP contribution in [0.1, 0.15) is 0 Å². The molecule has 0 N–H and O–H groups in total. The van der Waals surface area contributed by atoms with Crippen LogP contribution in [0.4, 0.5) is 0 Å². The molecule has 12 aromatic rings. The Kier molecular flexibility index (Phi) is 7.20. The lowest BCUT2D eigenvalue weighted by Gasteiger charge is -2.26. The van der Waals surface area contributed by atoms with Gasteiger partial charge in [-0.25, -0.2) is 4.98 Å². The maximum Gasteiger partial charge on any atom is 0.172 e. The van der Waals surface area contributed by atoms with Crippen molar-refractivity contribution in [3.05, 3.63) is 200 Å². The minimum Gasteiger partial charge on any atom is -0.309 e. The van der Waals surface area contributed by atoms with E-state index in [1.54, 1.807) is 0 Å². The first-order chi connectivity index (χ1) is 28.7. The molecular formula is C54H33N2OP. The molecule has 0 atom stereocenters. The second-order valence-electron chi connectivity index (χ2n) is 15.2. The Bertz CT molecular complexity index is 3560. The summed E-state index contributed by atoms with van der Waals surface area (Å²) in [6, 6.07) is 67.9. The third-order valence-electron chi connectivity index (χ3n) is 12.1. The number of fused-ring (bicyclic) bond motifs is 5. The minimum atomic E-state index is -3.35. The molecule has 0 fully saturated rings. The van der Waals surface area contributed by atoms with Crippen LogP contribution in [-0.2, 0) is 4.57 Å². The fourth-order valence-electron chi connectivity index (χ4n) is 9.53. The molecule has 10 aromatic carbocycles. The molecule has 0 amide bonds. The van der Waals surface area contributed by atoms with Gasteiger partial charge in [0.1, 0.15) is 0 Å². The average Bonchev–Trinajstić information content (AvgIpc) is 3.30. The van der Waals surface area contributed by atoms with Crippen LogP contribution in [0.25, 0.3) is 98.1 Å². The van der Waals surface area contributed by atoms with Crippen molar-refractivity contribution in [1.82, 2.24) is 9.97 Å². The quantitative estimate of drug-likeness (QED) is 0.0998. The Hall–Kier alpha value is -7.19. The normalized spacial score (nSPS) is 12.2. The Balaban J connectivity index is 1.15. The van der Waals surface area contributed by atoms with Gasteiger partial charge in [-0.2, -0.15) is 0 Å². The lowest BCUT2D eigenvalue weighted by atomic mass is 9.85. The van der Waals surface area contributed by atoms with Gasteiger partial charge in [0.2, 0.25) is 0 Å². The standard InChI is InChI=1S/C54H33N2OP/c57-58(38-13-3-1-4-14-38,39-15-5-2-6-16-39)54-46-19-9-7-17-41(46)51(42-18-8-10-20-47(42)54)45-31-26-35-24-29-43-40(28-23-34-25-30-44(45)50(35)49(34)43)48-32-27-37-22-21-36-12-11-33-55-52(36)53(37)56-48/h1-33H. The molecule has 0 aliphatic carbocycles. The summed E-state index contributed by atoms with van der Waals surface area (Å²) in [5.74, 6) is 0. The predicted octanol–water partition coefficient (Wildman–Crippen LogP) is 13.0. The molecule has 270 valence electrons. The van der Waals surface area contributed by atoms with Crippen LogP contribution in [0.15, 0.2) is 200 Å². The maximum atomic E-state index is 16.2. The molecule has 0 aliphatic rings. The van der Waals surface area contributed by atoms with E-state index >= 15 is 4.57 Å². The van der Waals surface area contributed by atoms with Crippen molar-refractivity contribution in [1.29, 1.82) is 0 Å². The third-order valence-corrected chi connectivity index (χ3v) is 15.3. The van der Waals surface area contributed by atoms with Gasteiger partial charge in [0.25, 0.3) is 0 Å². The molecule has 2 aromatic heterocycles. The Morgan fingerprint density at radius 1 is 0.362 bits per heavy atom. The molecule has 0 saturated carbocycles. The van der Waals surface area contributed by atoms with E-state index in [1.165, 1.54) is 32.3 Å². The molecule has 0 saturated heterocycles. The summed E-state index contributed by atoms with van der Waals surface area (Å²) in [7, 11) is -3.35. The number of benzene rings is 10. The van der Waals surface area contributed by atoms with Gasteiger partial charge in [0.05, 0.1) is 16.7 Å². The second-order valence-corrected chi connectivity index (χ2v) is 17.9. The fraction of sp³-hybridized carbons (Fsp3) is 0. The first-order valence-electron chi connectivity index (χ1n) is 19.7. The number of hydrogen-bond donors (Lipinski definition) is 0. The average molecular weight is 757 g/mol. The first-order valence-corrected chi connectivity index (χ1v) is 21.4. The van der Waals surface area contributed by atoms with E-state index in [9.17, 15) is 0 Å². The van der Waals surface area contributed by atoms with Crippen LogP contribution in [0.3, 0.4) is 0 Å². The summed E-state index contributed by atoms with van der Waals surface area (Å²) in [5.41, 5.74) is 6.16. The zero-order valence-electron chi connectivity index (χ0n) is 31.3. The molecule has 0 aliphatic heterocycles. The van der Waals surface area contributed by atoms with Crippen LogP contribution in [0, 0.1) is 0 Å². The van der Waals surface area contributed by atoms with E-state index in [1.807, 2.05) is 72.9 Å². The van der Waals surface area contributed by atoms with Crippen LogP contribution >= 0.6 is 7.14 Å². The second kappa shape index (κ2) is 12.7. The van der Waals surface area contributed by atoms with Gasteiger partial charge >= 0.3 is 0 Å². The highest BCUT2D eigenvalue weighted by molar-refractivity contribution is 7.86. The minimum absolute atomic E-state index is 0.827. The molecule has 0 spiro atoms. The van der Waals surface area contributed by atoms with Gasteiger partial charge in [-0.3, -0.25) is 4.98 Å². The maximum absolute atomic E-state index is 16.2. The van der Waals surface area contributed by atoms with E-state index in [0.29, 0.717) is 0 Å². The highest BCUT2D eigenvalue weighted by Gasteiger charge is 2.34. The van der Waals surface area contributed by atoms with Crippen molar-refractivity contribution >= 4 is 98.7 Å². The van der Waals surface area contributed by atoms with E-state index in [0.717, 1.165) is 81.6 Å². The van der Waals surface area contributed by atoms with Crippen LogP contribution in [0.5, 0.6) is 0 Å². The van der Waals surface area contributed by atoms with Crippen molar-refractivity contribution in [2.24, 2.45) is 0 Å². The first kappa shape index (κ1) is 33.0. The van der Waals surface area contributed by atoms with Crippen LogP contribution in [0.2, 0.25) is 0 Å². The molecule has 58 heavy (non-hydrogen) atoms. The number of hydrogen-bond acceptors (Lipinski definition) is 3. The van der Waals surface area contributed by atoms with Crippen molar-refractivity contribution < 1.29 is 4.57 Å². The van der Waals surface area contributed by atoms with Crippen molar-refractivity contribution in [2.45, 2.75) is 0 Å². The smallest absolute Gasteiger partial charge is 0.172 e. The fourth-order valence-corrected chi connectivity index (χ4v) is 12.6. The van der Waals surface area contributed by atoms with E-state index in [4.69, 9.17) is 9.97 Å². The van der Waals surface area contributed by atoms with E-state index in [2.05, 4.69) is 127 Å². The van der Waals surface area contributed by atoms with E-state index in [-0.39, 0.29) is 0 Å².